The number of fused-ring (bicyclic) bond motifs is 2. The zero-order valence-electron chi connectivity index (χ0n) is 44.4. The molecule has 11 rings (SSSR count). The molecule has 20 heteroatoms. The number of imidazole rings is 1. The largest absolute Gasteiger partial charge is 0.497 e. The molecule has 2 aliphatic carbocycles. The highest BCUT2D eigenvalue weighted by atomic mass is 32.2. The number of H-pyrrole nitrogens is 2. The quantitative estimate of drug-likeness (QED) is 0.0449. The van der Waals surface area contributed by atoms with Crippen molar-refractivity contribution in [2.24, 2.45) is 11.3 Å². The Balaban J connectivity index is 0.817. The van der Waals surface area contributed by atoms with Crippen LogP contribution in [-0.2, 0) is 16.6 Å². The highest BCUT2D eigenvalue weighted by Gasteiger charge is 2.50. The Morgan fingerprint density at radius 2 is 1.72 bits per heavy atom. The number of pyridine rings is 1. The molecule has 1 spiro atoms. The number of nitro groups is 1. The number of amides is 1. The third-order valence-corrected chi connectivity index (χ3v) is 18.4. The maximum Gasteiger partial charge on any atom is 0.296 e. The molecular weight excluding hydrogens is 1020 g/mol. The number of nitrogens with zero attached hydrogens (tertiary/aromatic N) is 6. The number of rotatable bonds is 16. The summed E-state index contributed by atoms with van der Waals surface area (Å²) in [6.07, 6.45) is 10.7. The Labute approximate surface area is 452 Å². The van der Waals surface area contributed by atoms with Crippen molar-refractivity contribution in [3.05, 3.63) is 136 Å². The van der Waals surface area contributed by atoms with E-state index in [-0.39, 0.29) is 51.3 Å². The van der Waals surface area contributed by atoms with Crippen LogP contribution < -0.4 is 24.4 Å². The lowest BCUT2D eigenvalue weighted by Gasteiger charge is -2.58. The van der Waals surface area contributed by atoms with Gasteiger partial charge in [0.15, 0.2) is 0 Å². The fraction of sp³-hybridized carbons (Fsp3) is 0.431. The number of sulfonamides is 1. The number of benzene rings is 4. The number of aromatic nitrogens is 4. The Kier molecular flexibility index (Phi) is 14.4. The van der Waals surface area contributed by atoms with Crippen molar-refractivity contribution in [1.82, 2.24) is 34.5 Å². The number of piperidine rings is 1. The van der Waals surface area contributed by atoms with E-state index in [0.29, 0.717) is 68.3 Å². The van der Waals surface area contributed by atoms with E-state index in [1.165, 1.54) is 35.3 Å². The van der Waals surface area contributed by atoms with Crippen molar-refractivity contribution >= 4 is 55.1 Å². The Hall–Kier alpha value is -7.13. The molecule has 410 valence electrons. The van der Waals surface area contributed by atoms with Gasteiger partial charge in [-0.05, 0) is 123 Å². The van der Waals surface area contributed by atoms with E-state index in [4.69, 9.17) is 9.47 Å². The highest BCUT2D eigenvalue weighted by molar-refractivity contribution is 7.90. The molecule has 1 amide bonds. The number of halogens is 1. The maximum atomic E-state index is 16.8. The molecule has 4 fully saturated rings. The fourth-order valence-corrected chi connectivity index (χ4v) is 13.7. The number of aromatic amines is 2. The number of anilines is 2. The lowest BCUT2D eigenvalue weighted by molar-refractivity contribution is -0.384. The van der Waals surface area contributed by atoms with E-state index in [1.807, 2.05) is 21.8 Å². The molecule has 2 saturated heterocycles. The first kappa shape index (κ1) is 52.9. The highest BCUT2D eigenvalue weighted by Crippen LogP contribution is 2.54. The number of nitro benzene ring substituents is 1. The van der Waals surface area contributed by atoms with Gasteiger partial charge >= 0.3 is 0 Å². The van der Waals surface area contributed by atoms with Crippen LogP contribution in [0.4, 0.5) is 21.5 Å². The van der Waals surface area contributed by atoms with Gasteiger partial charge in [-0.25, -0.2) is 27.5 Å². The lowest BCUT2D eigenvalue weighted by Crippen LogP contribution is -2.60. The van der Waals surface area contributed by atoms with E-state index in [0.717, 1.165) is 69.7 Å². The number of methoxy groups -OCH3 is 1. The van der Waals surface area contributed by atoms with Crippen LogP contribution >= 0.6 is 0 Å². The maximum absolute atomic E-state index is 16.8. The summed E-state index contributed by atoms with van der Waals surface area (Å²) in [6.45, 7) is 11.5. The van der Waals surface area contributed by atoms with Gasteiger partial charge in [0.1, 0.15) is 44.8 Å². The summed E-state index contributed by atoms with van der Waals surface area (Å²) in [4.78, 5) is 47.4. The second-order valence-corrected chi connectivity index (χ2v) is 24.2. The molecule has 2 saturated carbocycles. The molecule has 4 aliphatic rings. The fourth-order valence-electron chi connectivity index (χ4n) is 12.6. The molecule has 18 nitrogen and oxygen atoms in total. The molecule has 1 unspecified atom stereocenters. The number of hydrogen-bond acceptors (Lipinski definition) is 14. The minimum atomic E-state index is -4.90. The molecule has 7 aromatic rings. The zero-order chi connectivity index (χ0) is 54.5. The molecule has 5 heterocycles. The molecule has 2 aliphatic heterocycles. The Morgan fingerprint density at radius 1 is 0.962 bits per heavy atom. The van der Waals surface area contributed by atoms with Crippen molar-refractivity contribution in [3.63, 3.8) is 0 Å². The van der Waals surface area contributed by atoms with Gasteiger partial charge in [0, 0.05) is 81.6 Å². The van der Waals surface area contributed by atoms with E-state index < -0.39 is 48.4 Å². The molecule has 1 atom stereocenters. The summed E-state index contributed by atoms with van der Waals surface area (Å²) in [5.74, 6) is -0.517. The summed E-state index contributed by atoms with van der Waals surface area (Å²) >= 11 is 0. The van der Waals surface area contributed by atoms with Gasteiger partial charge in [0.05, 0.1) is 46.9 Å². The van der Waals surface area contributed by atoms with Gasteiger partial charge < -0.3 is 34.8 Å². The van der Waals surface area contributed by atoms with Gasteiger partial charge in [0.25, 0.3) is 21.6 Å². The number of hydrogen-bond donors (Lipinski definition) is 5. The third-order valence-electron chi connectivity index (χ3n) is 17.0. The summed E-state index contributed by atoms with van der Waals surface area (Å²) in [6, 6.07) is 24.6. The number of carbonyl (C=O) groups excluding carboxylic acids is 1. The van der Waals surface area contributed by atoms with Gasteiger partial charge in [-0.2, -0.15) is 0 Å². The van der Waals surface area contributed by atoms with Crippen molar-refractivity contribution in [2.45, 2.75) is 107 Å². The smallest absolute Gasteiger partial charge is 0.296 e. The summed E-state index contributed by atoms with van der Waals surface area (Å²) in [5.41, 5.74) is 3.14. The molecule has 0 bridgehead atoms. The minimum absolute atomic E-state index is 0.0460. The van der Waals surface area contributed by atoms with Crippen molar-refractivity contribution in [3.8, 4) is 17.2 Å². The Bertz CT molecular complexity index is 3470. The Morgan fingerprint density at radius 3 is 2.45 bits per heavy atom. The second kappa shape index (κ2) is 21.3. The molecule has 3 aromatic heterocycles. The van der Waals surface area contributed by atoms with E-state index >= 15 is 4.39 Å². The third kappa shape index (κ3) is 10.7. The topological polar surface area (TPSA) is 224 Å². The number of ether oxygens (including phenoxy) is 2. The standard InChI is InChI=1S/C58H67FN10O8S/c1-36(2)43-7-5-6-8-44(43)49-34-66(33-38-9-11-41(76-4)12-10-38)23-24-68(49)40-29-58(30-40)18-21-67(22-19-58)47-27-50(77-42-25-39-15-20-60-55(39)62-32-42)45(26-46(47)59)56(70)65-78(74,75)51-28-48(69(72)73)52(54-53(51)63-35-64-54)61-31-37-13-16-57(3,71)17-14-37/h5-12,15,20,25-28,32,35-37,40,49,61,71H,13-14,16-19,21-24,29-31,33-34H2,1-4H3,(H,60,62)(H,63,64)(H,65,70). The van der Waals surface area contributed by atoms with Crippen LogP contribution in [-0.4, -0.2) is 112 Å². The minimum Gasteiger partial charge on any atom is -0.497 e. The zero-order valence-corrected chi connectivity index (χ0v) is 45.2. The van der Waals surface area contributed by atoms with Crippen molar-refractivity contribution in [2.75, 3.05) is 56.6 Å². The molecule has 4 aromatic carbocycles. The van der Waals surface area contributed by atoms with Crippen LogP contribution in [0.3, 0.4) is 0 Å². The number of nitrogens with one attached hydrogen (secondary N) is 4. The number of aliphatic hydroxyl groups is 1. The first-order valence-electron chi connectivity index (χ1n) is 27.0. The van der Waals surface area contributed by atoms with Crippen LogP contribution in [0.2, 0.25) is 0 Å². The van der Waals surface area contributed by atoms with Gasteiger partial charge in [-0.1, -0.05) is 50.2 Å². The lowest BCUT2D eigenvalue weighted by atomic mass is 9.59. The van der Waals surface area contributed by atoms with E-state index in [2.05, 4.69) is 85.3 Å². The average Bonchev–Trinajstić information content (AvgIpc) is 4.26. The number of piperazine rings is 1. The summed E-state index contributed by atoms with van der Waals surface area (Å²) in [5, 5.41) is 26.9. The summed E-state index contributed by atoms with van der Waals surface area (Å²) < 4.78 is 59.1. The van der Waals surface area contributed by atoms with Crippen LogP contribution in [0, 0.1) is 27.3 Å². The summed E-state index contributed by atoms with van der Waals surface area (Å²) in [7, 11) is -3.22. The first-order valence-corrected chi connectivity index (χ1v) is 28.5. The number of carbonyl (C=O) groups is 1. The predicted octanol–water partition coefficient (Wildman–Crippen LogP) is 10.2. The van der Waals surface area contributed by atoms with Crippen molar-refractivity contribution in [1.29, 1.82) is 0 Å². The molecule has 0 radical (unpaired) electrons. The van der Waals surface area contributed by atoms with Gasteiger partial charge in [-0.15, -0.1) is 0 Å². The normalized spacial score (nSPS) is 21.2. The van der Waals surface area contributed by atoms with Gasteiger partial charge in [-0.3, -0.25) is 24.7 Å². The van der Waals surface area contributed by atoms with Crippen LogP contribution in [0.5, 0.6) is 17.2 Å². The SMILES string of the molecule is COc1ccc(CN2CCN(C3CC4(CCN(c5cc(Oc6cnc7[nH]ccc7c6)c(C(=O)NS(=O)(=O)c6cc([N+](=O)[O-])c(NCC7CCC(C)(O)CC7)c7[nH]cnc67)cc5F)CC4)C3)C(c3ccccc3C(C)C)C2)cc1. The van der Waals surface area contributed by atoms with E-state index in [9.17, 15) is 28.4 Å². The molecular formula is C58H67FN10O8S. The van der Waals surface area contributed by atoms with Crippen LogP contribution in [0.1, 0.15) is 111 Å². The van der Waals surface area contributed by atoms with Crippen LogP contribution in [0.25, 0.3) is 22.1 Å². The average molecular weight is 1080 g/mol. The molecule has 5 N–H and O–H groups in total. The van der Waals surface area contributed by atoms with E-state index in [1.54, 1.807) is 32.4 Å². The van der Waals surface area contributed by atoms with Crippen molar-refractivity contribution < 1.29 is 37.1 Å². The molecule has 78 heavy (non-hydrogen) atoms. The van der Waals surface area contributed by atoms with Crippen LogP contribution in [0.15, 0.2) is 102 Å². The van der Waals surface area contributed by atoms with Gasteiger partial charge in [0.2, 0.25) is 0 Å². The second-order valence-electron chi connectivity index (χ2n) is 22.6. The monoisotopic (exact) mass is 1080 g/mol. The first-order chi connectivity index (χ1) is 37.4. The predicted molar refractivity (Wildman–Crippen MR) is 296 cm³/mol.